The van der Waals surface area contributed by atoms with Crippen LogP contribution in [0.25, 0.3) is 0 Å². The molecular weight excluding hydrogens is 379 g/mol. The Morgan fingerprint density at radius 1 is 1.24 bits per heavy atom. The summed E-state index contributed by atoms with van der Waals surface area (Å²) in [6.07, 6.45) is 0. The smallest absolute Gasteiger partial charge is 0.241 e. The third-order valence-corrected chi connectivity index (χ3v) is 5.86. The van der Waals surface area contributed by atoms with Crippen LogP contribution in [-0.4, -0.2) is 15.5 Å². The maximum atomic E-state index is 13.4. The molecule has 2 rings (SSSR count). The van der Waals surface area contributed by atoms with Crippen LogP contribution in [0.15, 0.2) is 39.0 Å². The van der Waals surface area contributed by atoms with E-state index in [1.807, 2.05) is 12.1 Å². The SMILES string of the molecule is CNCc1ccc(F)cc1S(=O)(=O)NCc1ccc(Br)s1. The van der Waals surface area contributed by atoms with Crippen LogP contribution in [0.2, 0.25) is 0 Å². The van der Waals surface area contributed by atoms with Crippen molar-refractivity contribution in [2.45, 2.75) is 18.0 Å². The molecule has 1 aromatic carbocycles. The molecule has 1 heterocycles. The fraction of sp³-hybridized carbons (Fsp3) is 0.231. The molecule has 0 bridgehead atoms. The van der Waals surface area contributed by atoms with E-state index in [0.29, 0.717) is 12.1 Å². The molecule has 0 aliphatic heterocycles. The summed E-state index contributed by atoms with van der Waals surface area (Å²) in [5.41, 5.74) is 0.527. The van der Waals surface area contributed by atoms with E-state index in [2.05, 4.69) is 26.0 Å². The van der Waals surface area contributed by atoms with Crippen molar-refractivity contribution >= 4 is 37.3 Å². The summed E-state index contributed by atoms with van der Waals surface area (Å²) >= 11 is 4.77. The van der Waals surface area contributed by atoms with Crippen LogP contribution in [0, 0.1) is 5.82 Å². The normalized spacial score (nSPS) is 11.8. The van der Waals surface area contributed by atoms with E-state index < -0.39 is 15.8 Å². The van der Waals surface area contributed by atoms with Crippen molar-refractivity contribution in [3.05, 3.63) is 50.4 Å². The second-order valence-electron chi connectivity index (χ2n) is 4.31. The molecule has 0 unspecified atom stereocenters. The maximum Gasteiger partial charge on any atom is 0.241 e. The van der Waals surface area contributed by atoms with E-state index in [1.165, 1.54) is 23.5 Å². The first-order chi connectivity index (χ1) is 9.92. The van der Waals surface area contributed by atoms with Gasteiger partial charge < -0.3 is 5.32 Å². The lowest BCUT2D eigenvalue weighted by atomic mass is 10.2. The standard InChI is InChI=1S/C13H14BrFN2O2S2/c1-16-7-9-2-3-10(15)6-12(9)21(18,19)17-8-11-4-5-13(14)20-11/h2-6,16-17H,7-8H2,1H3. The van der Waals surface area contributed by atoms with Gasteiger partial charge in [0.1, 0.15) is 5.82 Å². The predicted octanol–water partition coefficient (Wildman–Crippen LogP) is 2.85. The zero-order valence-corrected chi connectivity index (χ0v) is 14.4. The zero-order chi connectivity index (χ0) is 15.5. The van der Waals surface area contributed by atoms with Crippen LogP contribution in [0.5, 0.6) is 0 Å². The average molecular weight is 393 g/mol. The predicted molar refractivity (Wildman–Crippen MR) is 85.2 cm³/mol. The van der Waals surface area contributed by atoms with Gasteiger partial charge >= 0.3 is 0 Å². The molecule has 0 fully saturated rings. The molecule has 8 heteroatoms. The number of rotatable bonds is 6. The van der Waals surface area contributed by atoms with Gasteiger partial charge in [-0.3, -0.25) is 0 Å². The Hall–Kier alpha value is -0.800. The number of hydrogen-bond donors (Lipinski definition) is 2. The number of nitrogens with one attached hydrogen (secondary N) is 2. The molecule has 2 N–H and O–H groups in total. The van der Waals surface area contributed by atoms with Gasteiger partial charge in [0.25, 0.3) is 0 Å². The van der Waals surface area contributed by atoms with Gasteiger partial charge in [0.05, 0.1) is 8.68 Å². The van der Waals surface area contributed by atoms with Crippen LogP contribution < -0.4 is 10.0 Å². The number of halogens is 2. The maximum absolute atomic E-state index is 13.4. The number of hydrogen-bond acceptors (Lipinski definition) is 4. The van der Waals surface area contributed by atoms with Gasteiger partial charge in [-0.05, 0) is 52.8 Å². The Bertz CT molecular complexity index is 732. The van der Waals surface area contributed by atoms with Crippen LogP contribution >= 0.6 is 27.3 Å². The number of thiophene rings is 1. The van der Waals surface area contributed by atoms with Gasteiger partial charge in [0.2, 0.25) is 10.0 Å². The minimum Gasteiger partial charge on any atom is -0.316 e. The lowest BCUT2D eigenvalue weighted by molar-refractivity contribution is 0.575. The molecular formula is C13H14BrFN2O2S2. The van der Waals surface area contributed by atoms with Crippen LogP contribution in [-0.2, 0) is 23.1 Å². The number of sulfonamides is 1. The summed E-state index contributed by atoms with van der Waals surface area (Å²) in [5.74, 6) is -0.575. The molecule has 4 nitrogen and oxygen atoms in total. The van der Waals surface area contributed by atoms with Crippen molar-refractivity contribution in [3.8, 4) is 0 Å². The van der Waals surface area contributed by atoms with E-state index in [-0.39, 0.29) is 11.4 Å². The van der Waals surface area contributed by atoms with Gasteiger partial charge in [-0.2, -0.15) is 0 Å². The first kappa shape index (κ1) is 16.6. The van der Waals surface area contributed by atoms with E-state index >= 15 is 0 Å². The van der Waals surface area contributed by atoms with Crippen molar-refractivity contribution in [1.29, 1.82) is 0 Å². The highest BCUT2D eigenvalue weighted by molar-refractivity contribution is 9.11. The number of benzene rings is 1. The van der Waals surface area contributed by atoms with Gasteiger partial charge in [-0.15, -0.1) is 11.3 Å². The first-order valence-electron chi connectivity index (χ1n) is 6.09. The summed E-state index contributed by atoms with van der Waals surface area (Å²) < 4.78 is 41.5. The molecule has 1 aromatic heterocycles. The second-order valence-corrected chi connectivity index (χ2v) is 8.60. The quantitative estimate of drug-likeness (QED) is 0.794. The van der Waals surface area contributed by atoms with Crippen LogP contribution in [0.1, 0.15) is 10.4 Å². The highest BCUT2D eigenvalue weighted by atomic mass is 79.9. The molecule has 0 saturated carbocycles. The van der Waals surface area contributed by atoms with E-state index in [1.54, 1.807) is 7.05 Å². The Morgan fingerprint density at radius 2 is 2.00 bits per heavy atom. The summed E-state index contributed by atoms with van der Waals surface area (Å²) in [7, 11) is -2.06. The molecule has 0 radical (unpaired) electrons. The van der Waals surface area contributed by atoms with Crippen molar-refractivity contribution < 1.29 is 12.8 Å². The fourth-order valence-electron chi connectivity index (χ4n) is 1.81. The Morgan fingerprint density at radius 3 is 2.62 bits per heavy atom. The average Bonchev–Trinajstić information content (AvgIpc) is 2.85. The molecule has 0 amide bonds. The lowest BCUT2D eigenvalue weighted by Gasteiger charge is -2.11. The van der Waals surface area contributed by atoms with Gasteiger partial charge in [0.15, 0.2) is 0 Å². The molecule has 21 heavy (non-hydrogen) atoms. The summed E-state index contributed by atoms with van der Waals surface area (Å²) in [6.45, 7) is 0.523. The molecule has 0 spiro atoms. The second kappa shape index (κ2) is 6.97. The molecule has 114 valence electrons. The fourth-order valence-corrected chi connectivity index (χ4v) is 4.57. The molecule has 0 atom stereocenters. The Labute approximate surface area is 135 Å². The summed E-state index contributed by atoms with van der Waals surface area (Å²) in [5, 5.41) is 2.87. The third kappa shape index (κ3) is 4.33. The minimum absolute atomic E-state index is 0.0347. The summed E-state index contributed by atoms with van der Waals surface area (Å²) in [4.78, 5) is 0.837. The lowest BCUT2D eigenvalue weighted by Crippen LogP contribution is -2.25. The van der Waals surface area contributed by atoms with E-state index in [9.17, 15) is 12.8 Å². The topological polar surface area (TPSA) is 58.2 Å². The Kier molecular flexibility index (Phi) is 5.50. The van der Waals surface area contributed by atoms with Gasteiger partial charge in [-0.25, -0.2) is 17.5 Å². The van der Waals surface area contributed by atoms with E-state index in [0.717, 1.165) is 14.7 Å². The largest absolute Gasteiger partial charge is 0.316 e. The summed E-state index contributed by atoms with van der Waals surface area (Å²) in [6, 6.07) is 7.45. The minimum atomic E-state index is -3.76. The Balaban J connectivity index is 2.24. The van der Waals surface area contributed by atoms with Crippen molar-refractivity contribution in [2.24, 2.45) is 0 Å². The van der Waals surface area contributed by atoms with Crippen LogP contribution in [0.4, 0.5) is 4.39 Å². The van der Waals surface area contributed by atoms with Gasteiger partial charge in [-0.1, -0.05) is 6.07 Å². The van der Waals surface area contributed by atoms with Crippen LogP contribution in [0.3, 0.4) is 0 Å². The molecule has 0 saturated heterocycles. The zero-order valence-electron chi connectivity index (χ0n) is 11.2. The van der Waals surface area contributed by atoms with Crippen molar-refractivity contribution in [1.82, 2.24) is 10.0 Å². The van der Waals surface area contributed by atoms with Gasteiger partial charge in [0, 0.05) is 18.0 Å². The molecule has 2 aromatic rings. The third-order valence-electron chi connectivity index (χ3n) is 2.75. The molecule has 0 aliphatic rings. The monoisotopic (exact) mass is 392 g/mol. The van der Waals surface area contributed by atoms with Crippen molar-refractivity contribution in [3.63, 3.8) is 0 Å². The first-order valence-corrected chi connectivity index (χ1v) is 9.18. The highest BCUT2D eigenvalue weighted by Crippen LogP contribution is 2.23. The molecule has 0 aliphatic carbocycles. The van der Waals surface area contributed by atoms with E-state index in [4.69, 9.17) is 0 Å². The highest BCUT2D eigenvalue weighted by Gasteiger charge is 2.19. The van der Waals surface area contributed by atoms with Crippen molar-refractivity contribution in [2.75, 3.05) is 7.05 Å².